The maximum absolute atomic E-state index is 11.8. The van der Waals surface area contributed by atoms with Crippen LogP contribution in [0, 0.1) is 0 Å². The number of imidazole rings is 1. The fourth-order valence-electron chi connectivity index (χ4n) is 4.44. The third-order valence-corrected chi connectivity index (χ3v) is 6.25. The smallest absolute Gasteiger partial charge is 0.224 e. The Labute approximate surface area is 207 Å². The van der Waals surface area contributed by atoms with Gasteiger partial charge in [0.25, 0.3) is 0 Å². The lowest BCUT2D eigenvalue weighted by Crippen LogP contribution is -2.17. The number of aliphatic imine (C=N–C) groups is 1. The second-order valence-corrected chi connectivity index (χ2v) is 8.59. The largest absolute Gasteiger partial charge is 0.337 e. The average molecular weight is 474 g/mol. The highest BCUT2D eigenvalue weighted by atomic mass is 16.1. The first-order valence-electron chi connectivity index (χ1n) is 11.9. The molecular weight excluding hydrogens is 450 g/mol. The Morgan fingerprint density at radius 2 is 1.83 bits per heavy atom. The van der Waals surface area contributed by atoms with Crippen LogP contribution in [0.15, 0.2) is 78.4 Å². The van der Waals surface area contributed by atoms with Crippen LogP contribution in [-0.2, 0) is 11.2 Å². The van der Waals surface area contributed by atoms with E-state index in [1.165, 1.54) is 0 Å². The third-order valence-electron chi connectivity index (χ3n) is 6.25. The Kier molecular flexibility index (Phi) is 5.53. The molecule has 2 N–H and O–H groups in total. The Balaban J connectivity index is 1.40. The van der Waals surface area contributed by atoms with Crippen molar-refractivity contribution >= 4 is 28.3 Å². The number of aromatic amines is 1. The van der Waals surface area contributed by atoms with Gasteiger partial charge in [0, 0.05) is 66.4 Å². The number of pyridine rings is 3. The van der Waals surface area contributed by atoms with Gasteiger partial charge in [0.15, 0.2) is 5.82 Å². The molecule has 1 aliphatic heterocycles. The maximum atomic E-state index is 11.8. The number of carbonyl (C=O) groups is 1. The molecule has 0 radical (unpaired) electrons. The molecule has 0 atom stereocenters. The predicted octanol–water partition coefficient (Wildman–Crippen LogP) is 4.82. The molecule has 176 valence electrons. The Hall–Kier alpha value is -4.72. The third kappa shape index (κ3) is 4.02. The van der Waals surface area contributed by atoms with Gasteiger partial charge >= 0.3 is 0 Å². The number of nitrogens with one attached hydrogen (secondary N) is 2. The van der Waals surface area contributed by atoms with Crippen LogP contribution in [0.2, 0.25) is 0 Å². The molecule has 0 aliphatic carbocycles. The lowest BCUT2D eigenvalue weighted by Gasteiger charge is -2.16. The summed E-state index contributed by atoms with van der Waals surface area (Å²) in [7, 11) is 0. The quantitative estimate of drug-likeness (QED) is 0.380. The van der Waals surface area contributed by atoms with Crippen LogP contribution in [0.25, 0.3) is 33.3 Å². The van der Waals surface area contributed by atoms with Crippen molar-refractivity contribution in [3.63, 3.8) is 0 Å². The molecule has 8 nitrogen and oxygen atoms in total. The van der Waals surface area contributed by atoms with E-state index < -0.39 is 0 Å². The number of benzene rings is 1. The first-order valence-corrected chi connectivity index (χ1v) is 11.9. The SMILES string of the molecule is CCC(=O)Nc1cncc(-c2cnc3c(c2)C(c2nc4c(-c5ccncc5)cccc4[nH]2)=NCC3)c1. The van der Waals surface area contributed by atoms with Crippen LogP contribution in [-0.4, -0.2) is 43.1 Å². The van der Waals surface area contributed by atoms with Crippen molar-refractivity contribution in [2.75, 3.05) is 11.9 Å². The van der Waals surface area contributed by atoms with Gasteiger partial charge in [0.2, 0.25) is 5.91 Å². The zero-order chi connectivity index (χ0) is 24.5. The molecule has 0 saturated heterocycles. The van der Waals surface area contributed by atoms with E-state index in [1.54, 1.807) is 24.8 Å². The molecule has 5 aromatic rings. The fraction of sp³-hybridized carbons (Fsp3) is 0.143. The number of hydrogen-bond acceptors (Lipinski definition) is 6. The van der Waals surface area contributed by atoms with E-state index in [2.05, 4.69) is 32.4 Å². The van der Waals surface area contributed by atoms with Crippen molar-refractivity contribution in [2.45, 2.75) is 19.8 Å². The highest BCUT2D eigenvalue weighted by Gasteiger charge is 2.22. The van der Waals surface area contributed by atoms with Crippen molar-refractivity contribution in [1.82, 2.24) is 24.9 Å². The van der Waals surface area contributed by atoms with Crippen molar-refractivity contribution in [3.8, 4) is 22.3 Å². The van der Waals surface area contributed by atoms with E-state index in [-0.39, 0.29) is 5.91 Å². The molecule has 8 heteroatoms. The minimum atomic E-state index is -0.0528. The molecule has 4 aromatic heterocycles. The topological polar surface area (TPSA) is 109 Å². The summed E-state index contributed by atoms with van der Waals surface area (Å²) in [6, 6.07) is 14.1. The molecule has 6 rings (SSSR count). The first-order chi connectivity index (χ1) is 17.7. The van der Waals surface area contributed by atoms with E-state index in [4.69, 9.17) is 15.0 Å². The van der Waals surface area contributed by atoms with Crippen molar-refractivity contribution in [2.24, 2.45) is 4.99 Å². The Morgan fingerprint density at radius 1 is 0.972 bits per heavy atom. The number of para-hydroxylation sites is 1. The minimum Gasteiger partial charge on any atom is -0.337 e. The molecular formula is C28H23N7O. The van der Waals surface area contributed by atoms with Crippen molar-refractivity contribution < 1.29 is 4.79 Å². The summed E-state index contributed by atoms with van der Waals surface area (Å²) < 4.78 is 0. The molecule has 1 aromatic carbocycles. The zero-order valence-corrected chi connectivity index (χ0v) is 19.7. The number of fused-ring (bicyclic) bond motifs is 2. The Bertz CT molecular complexity index is 1620. The monoisotopic (exact) mass is 473 g/mol. The Morgan fingerprint density at radius 3 is 2.69 bits per heavy atom. The van der Waals surface area contributed by atoms with E-state index in [1.807, 2.05) is 43.5 Å². The summed E-state index contributed by atoms with van der Waals surface area (Å²) >= 11 is 0. The second kappa shape index (κ2) is 9.14. The normalized spacial score (nSPS) is 12.8. The summed E-state index contributed by atoms with van der Waals surface area (Å²) in [5.41, 5.74) is 9.10. The number of anilines is 1. The highest BCUT2D eigenvalue weighted by molar-refractivity contribution is 6.14. The highest BCUT2D eigenvalue weighted by Crippen LogP contribution is 2.30. The number of aromatic nitrogens is 5. The molecule has 0 unspecified atom stereocenters. The van der Waals surface area contributed by atoms with Crippen LogP contribution in [0.1, 0.15) is 30.4 Å². The van der Waals surface area contributed by atoms with Crippen molar-refractivity contribution in [1.29, 1.82) is 0 Å². The fourth-order valence-corrected chi connectivity index (χ4v) is 4.44. The molecule has 36 heavy (non-hydrogen) atoms. The number of amides is 1. The number of nitrogens with zero attached hydrogens (tertiary/aromatic N) is 5. The molecule has 0 spiro atoms. The summed E-state index contributed by atoms with van der Waals surface area (Å²) in [6.45, 7) is 2.47. The predicted molar refractivity (Wildman–Crippen MR) is 140 cm³/mol. The van der Waals surface area contributed by atoms with Crippen LogP contribution >= 0.6 is 0 Å². The number of rotatable bonds is 5. The van der Waals surface area contributed by atoms with Crippen LogP contribution in [0.5, 0.6) is 0 Å². The number of H-pyrrole nitrogens is 1. The molecule has 5 heterocycles. The van der Waals surface area contributed by atoms with E-state index in [0.717, 1.165) is 56.7 Å². The molecule has 1 amide bonds. The van der Waals surface area contributed by atoms with E-state index in [0.29, 0.717) is 24.5 Å². The first kappa shape index (κ1) is 21.8. The van der Waals surface area contributed by atoms with E-state index >= 15 is 0 Å². The summed E-state index contributed by atoms with van der Waals surface area (Å²) in [4.78, 5) is 38.3. The number of carbonyl (C=O) groups excluding carboxylic acids is 1. The van der Waals surface area contributed by atoms with Gasteiger partial charge in [0.1, 0.15) is 5.71 Å². The van der Waals surface area contributed by atoms with Gasteiger partial charge in [0.05, 0.1) is 28.6 Å². The second-order valence-electron chi connectivity index (χ2n) is 8.59. The van der Waals surface area contributed by atoms with Gasteiger partial charge in [-0.25, -0.2) is 4.98 Å². The van der Waals surface area contributed by atoms with Gasteiger partial charge in [-0.3, -0.25) is 24.7 Å². The maximum Gasteiger partial charge on any atom is 0.224 e. The van der Waals surface area contributed by atoms with Gasteiger partial charge in [-0.2, -0.15) is 0 Å². The summed E-state index contributed by atoms with van der Waals surface area (Å²) in [5.74, 6) is 0.663. The van der Waals surface area contributed by atoms with E-state index in [9.17, 15) is 4.79 Å². The van der Waals surface area contributed by atoms with Crippen molar-refractivity contribution in [3.05, 3.63) is 90.5 Å². The zero-order valence-electron chi connectivity index (χ0n) is 19.7. The van der Waals surface area contributed by atoms with Gasteiger partial charge < -0.3 is 10.3 Å². The van der Waals surface area contributed by atoms with Gasteiger partial charge in [-0.05, 0) is 35.9 Å². The molecule has 0 bridgehead atoms. The van der Waals surface area contributed by atoms with Crippen LogP contribution in [0.4, 0.5) is 5.69 Å². The number of hydrogen-bond donors (Lipinski definition) is 2. The average Bonchev–Trinajstić information content (AvgIpc) is 3.37. The molecule has 1 aliphatic rings. The van der Waals surface area contributed by atoms with Crippen LogP contribution in [0.3, 0.4) is 0 Å². The molecule has 0 fully saturated rings. The van der Waals surface area contributed by atoms with Crippen LogP contribution < -0.4 is 5.32 Å². The van der Waals surface area contributed by atoms with Gasteiger partial charge in [-0.1, -0.05) is 19.1 Å². The standard InChI is InChI=1S/C28H23N7O/c1-2-25(36)33-20-12-18(14-30-16-20)19-13-22-23(32-15-19)8-11-31-27(22)28-34-24-5-3-4-21(26(24)35-28)17-6-9-29-10-7-17/h3-7,9-10,12-16H,2,8,11H2,1H3,(H,33,36)(H,34,35). The summed E-state index contributed by atoms with van der Waals surface area (Å²) in [6.07, 6.45) is 10.0. The minimum absolute atomic E-state index is 0.0528. The van der Waals surface area contributed by atoms with Gasteiger partial charge in [-0.15, -0.1) is 0 Å². The lowest BCUT2D eigenvalue weighted by atomic mass is 9.98. The molecule has 0 saturated carbocycles. The summed E-state index contributed by atoms with van der Waals surface area (Å²) in [5, 5.41) is 2.87. The lowest BCUT2D eigenvalue weighted by molar-refractivity contribution is -0.115.